The fourth-order valence-corrected chi connectivity index (χ4v) is 1.82. The van der Waals surface area contributed by atoms with E-state index in [-0.39, 0.29) is 5.76 Å². The normalized spacial score (nSPS) is 13.9. The van der Waals surface area contributed by atoms with Crippen molar-refractivity contribution in [2.45, 2.75) is 19.4 Å². The average molecular weight is 295 g/mol. The van der Waals surface area contributed by atoms with Crippen LogP contribution in [0.5, 0.6) is 0 Å². The van der Waals surface area contributed by atoms with Gasteiger partial charge in [0.1, 0.15) is 11.4 Å². The van der Waals surface area contributed by atoms with Crippen molar-refractivity contribution in [3.63, 3.8) is 0 Å². The second-order valence-corrected chi connectivity index (χ2v) is 4.96. The Hall–Kier alpha value is -2.41. The molecule has 1 aromatic heterocycles. The quantitative estimate of drug-likeness (QED) is 0.792. The maximum Gasteiger partial charge on any atom is 0.337 e. The molecule has 0 aliphatic rings. The first-order valence-corrected chi connectivity index (χ1v) is 6.15. The molecule has 1 heterocycles. The van der Waals surface area contributed by atoms with Crippen LogP contribution in [0.15, 0.2) is 22.6 Å². The minimum Gasteiger partial charge on any atom is -0.479 e. The number of hydrogen-bond acceptors (Lipinski definition) is 4. The molecule has 21 heavy (non-hydrogen) atoms. The molecule has 0 aliphatic carbocycles. The summed E-state index contributed by atoms with van der Waals surface area (Å²) >= 11 is 0. The standard InChI is InChI=1S/C14H14FNO5/c1-7-9-5-8(15)3-4-10(9)21-11(7)12(17)16-6-14(2,20)13(18)19/h3-5,20H,6H2,1-2H3,(H,16,17)(H,18,19). The van der Waals surface area contributed by atoms with Gasteiger partial charge in [-0.2, -0.15) is 0 Å². The molecular formula is C14H14FNO5. The molecule has 0 aliphatic heterocycles. The number of nitrogens with one attached hydrogen (secondary N) is 1. The minimum absolute atomic E-state index is 0.0446. The first-order valence-electron chi connectivity index (χ1n) is 6.15. The van der Waals surface area contributed by atoms with Crippen molar-refractivity contribution in [2.75, 3.05) is 6.54 Å². The molecule has 7 heteroatoms. The Labute approximate surface area is 119 Å². The Kier molecular flexibility index (Phi) is 3.69. The van der Waals surface area contributed by atoms with Crippen LogP contribution in [0.3, 0.4) is 0 Å². The van der Waals surface area contributed by atoms with E-state index < -0.39 is 29.8 Å². The van der Waals surface area contributed by atoms with Gasteiger partial charge < -0.3 is 19.9 Å². The largest absolute Gasteiger partial charge is 0.479 e. The lowest BCUT2D eigenvalue weighted by Crippen LogP contribution is -2.46. The fourth-order valence-electron chi connectivity index (χ4n) is 1.82. The summed E-state index contributed by atoms with van der Waals surface area (Å²) in [5.41, 5.74) is -1.29. The number of hydrogen-bond donors (Lipinski definition) is 3. The van der Waals surface area contributed by atoms with Crippen LogP contribution in [-0.4, -0.2) is 34.2 Å². The van der Waals surface area contributed by atoms with Crippen LogP contribution in [0, 0.1) is 12.7 Å². The van der Waals surface area contributed by atoms with Crippen molar-refractivity contribution in [1.82, 2.24) is 5.32 Å². The zero-order chi connectivity index (χ0) is 15.8. The number of furan rings is 1. The highest BCUT2D eigenvalue weighted by atomic mass is 19.1. The van der Waals surface area contributed by atoms with Gasteiger partial charge in [-0.25, -0.2) is 9.18 Å². The van der Waals surface area contributed by atoms with Crippen molar-refractivity contribution in [2.24, 2.45) is 0 Å². The lowest BCUT2D eigenvalue weighted by Gasteiger charge is -2.17. The third kappa shape index (κ3) is 2.87. The number of halogens is 1. The maximum absolute atomic E-state index is 13.2. The number of aliphatic hydroxyl groups is 1. The highest BCUT2D eigenvalue weighted by Gasteiger charge is 2.31. The number of rotatable bonds is 4. The van der Waals surface area contributed by atoms with E-state index in [0.29, 0.717) is 16.5 Å². The Balaban J connectivity index is 2.24. The van der Waals surface area contributed by atoms with Gasteiger partial charge >= 0.3 is 5.97 Å². The number of fused-ring (bicyclic) bond motifs is 1. The van der Waals surface area contributed by atoms with Gasteiger partial charge in [0, 0.05) is 10.9 Å². The summed E-state index contributed by atoms with van der Waals surface area (Å²) in [7, 11) is 0. The third-order valence-corrected chi connectivity index (χ3v) is 3.16. The highest BCUT2D eigenvalue weighted by molar-refractivity contribution is 5.99. The van der Waals surface area contributed by atoms with Gasteiger partial charge in [-0.3, -0.25) is 4.79 Å². The number of carboxylic acids is 1. The zero-order valence-electron chi connectivity index (χ0n) is 11.4. The van der Waals surface area contributed by atoms with Gasteiger partial charge in [0.25, 0.3) is 5.91 Å². The average Bonchev–Trinajstić information content (AvgIpc) is 2.73. The van der Waals surface area contributed by atoms with Crippen molar-refractivity contribution in [1.29, 1.82) is 0 Å². The predicted molar refractivity (Wildman–Crippen MR) is 71.5 cm³/mol. The molecule has 3 N–H and O–H groups in total. The molecule has 0 saturated carbocycles. The predicted octanol–water partition coefficient (Wildman–Crippen LogP) is 1.45. The smallest absolute Gasteiger partial charge is 0.337 e. The van der Waals surface area contributed by atoms with Crippen LogP contribution in [-0.2, 0) is 4.79 Å². The third-order valence-electron chi connectivity index (χ3n) is 3.16. The van der Waals surface area contributed by atoms with Crippen LogP contribution in [0.4, 0.5) is 4.39 Å². The number of carbonyl (C=O) groups excluding carboxylic acids is 1. The van der Waals surface area contributed by atoms with E-state index in [1.165, 1.54) is 18.2 Å². The van der Waals surface area contributed by atoms with Crippen molar-refractivity contribution < 1.29 is 28.6 Å². The molecule has 0 fully saturated rings. The number of aryl methyl sites for hydroxylation is 1. The van der Waals surface area contributed by atoms with E-state index >= 15 is 0 Å². The highest BCUT2D eigenvalue weighted by Crippen LogP contribution is 2.25. The van der Waals surface area contributed by atoms with E-state index in [1.807, 2.05) is 0 Å². The summed E-state index contributed by atoms with van der Waals surface area (Å²) in [6.07, 6.45) is 0. The van der Waals surface area contributed by atoms with E-state index in [1.54, 1.807) is 6.92 Å². The van der Waals surface area contributed by atoms with E-state index in [9.17, 15) is 19.1 Å². The summed E-state index contributed by atoms with van der Waals surface area (Å²) in [6.45, 7) is 2.18. The first kappa shape index (κ1) is 15.0. The number of carbonyl (C=O) groups is 2. The summed E-state index contributed by atoms with van der Waals surface area (Å²) < 4.78 is 18.5. The summed E-state index contributed by atoms with van der Waals surface area (Å²) in [6, 6.07) is 3.86. The van der Waals surface area contributed by atoms with Gasteiger partial charge in [-0.1, -0.05) is 0 Å². The Morgan fingerprint density at radius 1 is 1.43 bits per heavy atom. The maximum atomic E-state index is 13.2. The Bertz CT molecular complexity index is 719. The SMILES string of the molecule is Cc1c(C(=O)NCC(C)(O)C(=O)O)oc2ccc(F)cc12. The molecule has 2 rings (SSSR count). The summed E-state index contributed by atoms with van der Waals surface area (Å²) in [4.78, 5) is 22.7. The van der Waals surface area contributed by atoms with Crippen LogP contribution in [0.1, 0.15) is 23.0 Å². The van der Waals surface area contributed by atoms with Crippen LogP contribution >= 0.6 is 0 Å². The Morgan fingerprint density at radius 2 is 2.10 bits per heavy atom. The van der Waals surface area contributed by atoms with Crippen LogP contribution < -0.4 is 5.32 Å². The Morgan fingerprint density at radius 3 is 2.71 bits per heavy atom. The topological polar surface area (TPSA) is 99.8 Å². The number of amides is 1. The molecule has 0 spiro atoms. The van der Waals surface area contributed by atoms with Crippen molar-refractivity contribution in [3.8, 4) is 0 Å². The molecule has 0 bridgehead atoms. The molecule has 2 aromatic rings. The van der Waals surface area contributed by atoms with Crippen LogP contribution in [0.2, 0.25) is 0 Å². The van der Waals surface area contributed by atoms with Crippen molar-refractivity contribution >= 4 is 22.8 Å². The number of aliphatic carboxylic acids is 1. The molecule has 6 nitrogen and oxygen atoms in total. The van der Waals surface area contributed by atoms with Gasteiger partial charge in [-0.15, -0.1) is 0 Å². The van der Waals surface area contributed by atoms with Gasteiger partial charge in [-0.05, 0) is 32.0 Å². The van der Waals surface area contributed by atoms with Crippen molar-refractivity contribution in [3.05, 3.63) is 35.3 Å². The van der Waals surface area contributed by atoms with Gasteiger partial charge in [0.05, 0.1) is 6.54 Å². The number of benzene rings is 1. The lowest BCUT2D eigenvalue weighted by atomic mass is 10.1. The number of carboxylic acid groups (broad SMARTS) is 1. The lowest BCUT2D eigenvalue weighted by molar-refractivity contribution is -0.155. The molecule has 1 atom stereocenters. The van der Waals surface area contributed by atoms with Gasteiger partial charge in [0.2, 0.25) is 0 Å². The molecular weight excluding hydrogens is 281 g/mol. The van der Waals surface area contributed by atoms with E-state index in [0.717, 1.165) is 6.92 Å². The molecule has 0 radical (unpaired) electrons. The van der Waals surface area contributed by atoms with Gasteiger partial charge in [0.15, 0.2) is 11.4 Å². The minimum atomic E-state index is -2.08. The molecule has 1 amide bonds. The van der Waals surface area contributed by atoms with E-state index in [4.69, 9.17) is 9.52 Å². The monoisotopic (exact) mass is 295 g/mol. The fraction of sp³-hybridized carbons (Fsp3) is 0.286. The molecule has 112 valence electrons. The summed E-state index contributed by atoms with van der Waals surface area (Å²) in [5.74, 6) is -2.62. The van der Waals surface area contributed by atoms with Crippen LogP contribution in [0.25, 0.3) is 11.0 Å². The second-order valence-electron chi connectivity index (χ2n) is 4.96. The molecule has 1 unspecified atom stereocenters. The van der Waals surface area contributed by atoms with E-state index in [2.05, 4.69) is 5.32 Å². The zero-order valence-corrected chi connectivity index (χ0v) is 11.4. The molecule has 1 aromatic carbocycles. The summed E-state index contributed by atoms with van der Waals surface area (Å²) in [5, 5.41) is 21.0. The second kappa shape index (κ2) is 5.17. The molecule has 0 saturated heterocycles. The first-order chi connectivity index (χ1) is 9.72.